The zero-order valence-electron chi connectivity index (χ0n) is 17.0. The first-order chi connectivity index (χ1) is 13.1. The van der Waals surface area contributed by atoms with Gasteiger partial charge in [0.05, 0.1) is 0 Å². The number of aromatic nitrogens is 2. The van der Waals surface area contributed by atoms with E-state index >= 15 is 0 Å². The first-order valence-electron chi connectivity index (χ1n) is 9.56. The Labute approximate surface area is 173 Å². The zero-order valence-corrected chi connectivity index (χ0v) is 18.6. The molecule has 0 aliphatic heterocycles. The molecule has 2 aromatic rings. The normalized spacial score (nSPS) is 14.2. The third kappa shape index (κ3) is 4.32. The highest BCUT2D eigenvalue weighted by Crippen LogP contribution is 2.32. The Bertz CT molecular complexity index is 899. The van der Waals surface area contributed by atoms with E-state index in [-0.39, 0.29) is 5.91 Å². The molecule has 1 saturated carbocycles. The van der Waals surface area contributed by atoms with Crippen LogP contribution in [-0.4, -0.2) is 50.5 Å². The molecule has 0 unspecified atom stereocenters. The lowest BCUT2D eigenvalue weighted by Gasteiger charge is -2.35. The molecule has 0 bridgehead atoms. The van der Waals surface area contributed by atoms with Crippen molar-refractivity contribution in [3.8, 4) is 0 Å². The van der Waals surface area contributed by atoms with Crippen molar-refractivity contribution in [3.05, 3.63) is 28.4 Å². The molecule has 2 amide bonds. The Morgan fingerprint density at radius 1 is 1.29 bits per heavy atom. The Hall–Kier alpha value is -2.09. The molecule has 1 fully saturated rings. The van der Waals surface area contributed by atoms with E-state index in [1.165, 1.54) is 10.0 Å². The molecule has 1 heterocycles. The Morgan fingerprint density at radius 2 is 1.96 bits per heavy atom. The molecule has 0 N–H and O–H groups in total. The molecule has 3 rings (SSSR count). The number of hydrogen-bond acceptors (Lipinski definition) is 4. The van der Waals surface area contributed by atoms with Gasteiger partial charge in [-0.05, 0) is 68.5 Å². The zero-order chi connectivity index (χ0) is 20.6. The summed E-state index contributed by atoms with van der Waals surface area (Å²) < 4.78 is 7.98. The van der Waals surface area contributed by atoms with E-state index < -0.39 is 11.7 Å². The van der Waals surface area contributed by atoms with Crippen molar-refractivity contribution in [3.63, 3.8) is 0 Å². The highest BCUT2D eigenvalue weighted by Gasteiger charge is 2.36. The molecule has 1 aliphatic rings. The lowest BCUT2D eigenvalue weighted by atomic mass is 10.2. The summed E-state index contributed by atoms with van der Waals surface area (Å²) in [4.78, 5) is 26.4. The van der Waals surface area contributed by atoms with Crippen LogP contribution in [0.1, 0.15) is 51.0 Å². The van der Waals surface area contributed by atoms with Crippen molar-refractivity contribution in [2.75, 3.05) is 13.1 Å². The van der Waals surface area contributed by atoms with Crippen molar-refractivity contribution in [2.45, 2.75) is 46.1 Å². The molecule has 28 heavy (non-hydrogen) atoms. The minimum absolute atomic E-state index is 0.267. The van der Waals surface area contributed by atoms with E-state index in [9.17, 15) is 9.59 Å². The van der Waals surface area contributed by atoms with E-state index in [2.05, 4.69) is 21.0 Å². The fraction of sp³-hybridized carbons (Fsp3) is 0.550. The number of rotatable bonds is 4. The number of benzene rings is 1. The van der Waals surface area contributed by atoms with Crippen LogP contribution in [-0.2, 0) is 11.8 Å². The summed E-state index contributed by atoms with van der Waals surface area (Å²) in [6.07, 6.45) is 1.63. The van der Waals surface area contributed by atoms with Gasteiger partial charge in [-0.15, -0.1) is 0 Å². The smallest absolute Gasteiger partial charge is 0.429 e. The van der Waals surface area contributed by atoms with Gasteiger partial charge >= 0.3 is 6.09 Å². The number of fused-ring (bicyclic) bond motifs is 1. The second-order valence-corrected chi connectivity index (χ2v) is 8.99. The molecular formula is C20H27BrN4O3. The number of amides is 2. The Morgan fingerprint density at radius 3 is 2.54 bits per heavy atom. The number of nitrogens with zero attached hydrogens (tertiary/aromatic N) is 4. The topological polar surface area (TPSA) is 67.7 Å². The minimum atomic E-state index is -0.633. The van der Waals surface area contributed by atoms with Gasteiger partial charge in [0.2, 0.25) is 0 Å². The highest BCUT2D eigenvalue weighted by atomic mass is 79.9. The fourth-order valence-corrected chi connectivity index (χ4v) is 3.56. The first-order valence-corrected chi connectivity index (χ1v) is 10.3. The van der Waals surface area contributed by atoms with Crippen LogP contribution in [0.15, 0.2) is 22.7 Å². The van der Waals surface area contributed by atoms with Gasteiger partial charge in [0, 0.05) is 30.0 Å². The predicted molar refractivity (Wildman–Crippen MR) is 111 cm³/mol. The number of halogens is 1. The molecule has 0 saturated heterocycles. The van der Waals surface area contributed by atoms with Crippen LogP contribution in [0.5, 0.6) is 0 Å². The SMILES string of the molecule is CCN(C(=O)c1c2cccc(Br)c2nn1C)N(CC1CC1)C(=O)OC(C)(C)C. The maximum absolute atomic E-state index is 13.5. The lowest BCUT2D eigenvalue weighted by molar-refractivity contribution is -0.0395. The quantitative estimate of drug-likeness (QED) is 0.648. The molecule has 7 nitrogen and oxygen atoms in total. The summed E-state index contributed by atoms with van der Waals surface area (Å²) in [6.45, 7) is 8.16. The molecule has 1 aromatic heterocycles. The van der Waals surface area contributed by atoms with E-state index in [4.69, 9.17) is 4.74 Å². The van der Waals surface area contributed by atoms with Crippen LogP contribution in [0.25, 0.3) is 10.9 Å². The molecule has 1 aliphatic carbocycles. The average molecular weight is 451 g/mol. The molecule has 0 atom stereocenters. The molecule has 0 radical (unpaired) electrons. The van der Waals surface area contributed by atoms with Gasteiger partial charge in [-0.1, -0.05) is 12.1 Å². The number of aryl methyl sites for hydroxylation is 1. The van der Waals surface area contributed by atoms with Gasteiger partial charge < -0.3 is 4.74 Å². The van der Waals surface area contributed by atoms with Crippen LogP contribution in [0.4, 0.5) is 4.79 Å². The standard InChI is InChI=1S/C20H27BrN4O3/c1-6-24(25(12-13-10-11-13)19(27)28-20(2,3)4)18(26)17-14-8-7-9-15(21)16(14)22-23(17)5/h7-9,13H,6,10-12H2,1-5H3. The number of hydrazine groups is 1. The summed E-state index contributed by atoms with van der Waals surface area (Å²) in [5, 5.41) is 8.16. The maximum Gasteiger partial charge on any atom is 0.429 e. The molecule has 8 heteroatoms. The summed E-state index contributed by atoms with van der Waals surface area (Å²) in [5.74, 6) is 0.143. The van der Waals surface area contributed by atoms with E-state index in [0.29, 0.717) is 24.7 Å². The average Bonchev–Trinajstić information content (AvgIpc) is 3.34. The van der Waals surface area contributed by atoms with E-state index in [0.717, 1.165) is 28.2 Å². The van der Waals surface area contributed by atoms with Crippen LogP contribution in [0, 0.1) is 5.92 Å². The van der Waals surface area contributed by atoms with Crippen molar-refractivity contribution in [1.82, 2.24) is 19.8 Å². The maximum atomic E-state index is 13.5. The number of ether oxygens (including phenoxy) is 1. The van der Waals surface area contributed by atoms with Gasteiger partial charge in [0.1, 0.15) is 16.8 Å². The van der Waals surface area contributed by atoms with Gasteiger partial charge in [0.25, 0.3) is 5.91 Å². The number of carbonyl (C=O) groups is 2. The summed E-state index contributed by atoms with van der Waals surface area (Å²) in [6, 6.07) is 5.63. The Balaban J connectivity index is 1.97. The summed E-state index contributed by atoms with van der Waals surface area (Å²) >= 11 is 3.49. The van der Waals surface area contributed by atoms with Crippen molar-refractivity contribution >= 4 is 38.8 Å². The summed E-state index contributed by atoms with van der Waals surface area (Å²) in [7, 11) is 1.74. The van der Waals surface area contributed by atoms with Crippen molar-refractivity contribution < 1.29 is 14.3 Å². The fourth-order valence-electron chi connectivity index (χ4n) is 3.11. The second kappa shape index (κ2) is 7.73. The van der Waals surface area contributed by atoms with Gasteiger partial charge in [-0.25, -0.2) is 14.8 Å². The van der Waals surface area contributed by atoms with Gasteiger partial charge in [0.15, 0.2) is 0 Å². The lowest BCUT2D eigenvalue weighted by Crippen LogP contribution is -2.52. The number of carbonyl (C=O) groups excluding carboxylic acids is 2. The minimum Gasteiger partial charge on any atom is -0.442 e. The van der Waals surface area contributed by atoms with Crippen LogP contribution in [0.2, 0.25) is 0 Å². The second-order valence-electron chi connectivity index (χ2n) is 8.13. The predicted octanol–water partition coefficient (Wildman–Crippen LogP) is 4.36. The third-order valence-electron chi connectivity index (χ3n) is 4.58. The Kier molecular flexibility index (Phi) is 5.70. The third-order valence-corrected chi connectivity index (χ3v) is 5.22. The molecule has 152 valence electrons. The van der Waals surface area contributed by atoms with Crippen LogP contribution < -0.4 is 0 Å². The molecule has 1 aromatic carbocycles. The monoisotopic (exact) mass is 450 g/mol. The van der Waals surface area contributed by atoms with Crippen molar-refractivity contribution in [2.24, 2.45) is 13.0 Å². The largest absolute Gasteiger partial charge is 0.442 e. The molecular weight excluding hydrogens is 424 g/mol. The number of hydrogen-bond donors (Lipinski definition) is 0. The van der Waals surface area contributed by atoms with Crippen molar-refractivity contribution in [1.29, 1.82) is 0 Å². The van der Waals surface area contributed by atoms with Crippen LogP contribution >= 0.6 is 15.9 Å². The van der Waals surface area contributed by atoms with E-state index in [1.807, 2.05) is 45.9 Å². The van der Waals surface area contributed by atoms with Crippen LogP contribution in [0.3, 0.4) is 0 Å². The van der Waals surface area contributed by atoms with Gasteiger partial charge in [-0.3, -0.25) is 9.48 Å². The van der Waals surface area contributed by atoms with E-state index in [1.54, 1.807) is 11.7 Å². The summed E-state index contributed by atoms with van der Waals surface area (Å²) in [5.41, 5.74) is 0.531. The molecule has 0 spiro atoms. The first kappa shape index (κ1) is 20.6. The van der Waals surface area contributed by atoms with Gasteiger partial charge in [-0.2, -0.15) is 5.10 Å². The highest BCUT2D eigenvalue weighted by molar-refractivity contribution is 9.10.